The number of cyclic esters (lactones) is 1. The van der Waals surface area contributed by atoms with Crippen LogP contribution in [0.5, 0.6) is 0 Å². The van der Waals surface area contributed by atoms with Crippen molar-refractivity contribution in [2.75, 3.05) is 6.61 Å². The Morgan fingerprint density at radius 1 is 0.947 bits per heavy atom. The number of hydrogen-bond acceptors (Lipinski definition) is 8. The first-order chi connectivity index (χ1) is 26.9. The standard InChI is InChI=1S/C48H69NO8/c1-27-6-7-29-8-9-32-28(2)23-47(55,18-17-46(32,34(29)20-27)15-10-31-26-57-42(53)41(31)30-13-19-49-25-30)45(5,54)40-12-16-48(56)35-21-37(50)36-22-38(51)39(52)24-43(36,3)33(35)11-14-44(40,48)4/h8,13,19,21,25,27-28,31-34,36,38-41,49,51-52,54-56H,6-7,9-12,14-18,20,22-24,26H2,1-5H3. The van der Waals surface area contributed by atoms with Crippen LogP contribution in [0, 0.1) is 63.6 Å². The molecule has 1 saturated heterocycles. The summed E-state index contributed by atoms with van der Waals surface area (Å²) < 4.78 is 5.72. The number of carbonyl (C=O) groups excluding carboxylic acids is 2. The zero-order valence-corrected chi connectivity index (χ0v) is 35.0. The van der Waals surface area contributed by atoms with Crippen LogP contribution in [-0.4, -0.2) is 77.9 Å². The fourth-order valence-electron chi connectivity index (χ4n) is 16.0. The molecule has 7 aliphatic carbocycles. The SMILES string of the molecule is CC1CCC2=CCC3C(C)CC(O)(C(C)(O)C4CCC5(O)C6=CC(=O)C7CC(O)C(O)CC7(C)C6CCC45C)CCC3(CCC3COC(=O)C3c3cc[nH]c3)C2C1. The predicted octanol–water partition coefficient (Wildman–Crippen LogP) is 6.93. The highest BCUT2D eigenvalue weighted by Gasteiger charge is 2.71. The first-order valence-electron chi connectivity index (χ1n) is 22.7. The number of allylic oxidation sites excluding steroid dienone is 3. The van der Waals surface area contributed by atoms with Crippen LogP contribution >= 0.6 is 0 Å². The number of ketones is 1. The third-order valence-electron chi connectivity index (χ3n) is 19.3. The molecule has 1 aromatic rings. The van der Waals surface area contributed by atoms with E-state index in [4.69, 9.17) is 4.74 Å². The first kappa shape index (κ1) is 40.1. The summed E-state index contributed by atoms with van der Waals surface area (Å²) in [7, 11) is 0. The van der Waals surface area contributed by atoms with Gasteiger partial charge >= 0.3 is 5.97 Å². The number of aliphatic hydroxyl groups excluding tert-OH is 2. The molecule has 57 heavy (non-hydrogen) atoms. The fourth-order valence-corrected chi connectivity index (χ4v) is 16.0. The van der Waals surface area contributed by atoms with Crippen molar-refractivity contribution in [1.29, 1.82) is 0 Å². The van der Waals surface area contributed by atoms with E-state index in [1.165, 1.54) is 6.42 Å². The van der Waals surface area contributed by atoms with E-state index in [0.717, 1.165) is 49.7 Å². The second-order valence-corrected chi connectivity index (χ2v) is 21.8. The molecular weight excluding hydrogens is 719 g/mol. The van der Waals surface area contributed by atoms with Gasteiger partial charge in [-0.25, -0.2) is 0 Å². The van der Waals surface area contributed by atoms with Crippen LogP contribution in [0.1, 0.15) is 142 Å². The van der Waals surface area contributed by atoms with E-state index in [0.29, 0.717) is 69.3 Å². The molecule has 0 spiro atoms. The summed E-state index contributed by atoms with van der Waals surface area (Å²) in [5.74, 6) is 0.164. The number of aromatic amines is 1. The minimum atomic E-state index is -1.51. The Balaban J connectivity index is 1.03. The topological polar surface area (TPSA) is 160 Å². The van der Waals surface area contributed by atoms with Gasteiger partial charge in [0.2, 0.25) is 0 Å². The van der Waals surface area contributed by atoms with Crippen LogP contribution in [0.3, 0.4) is 0 Å². The lowest BCUT2D eigenvalue weighted by molar-refractivity contribution is -0.217. The van der Waals surface area contributed by atoms with Crippen LogP contribution in [0.4, 0.5) is 0 Å². The van der Waals surface area contributed by atoms with E-state index in [1.807, 2.05) is 25.4 Å². The van der Waals surface area contributed by atoms with Gasteiger partial charge in [-0.2, -0.15) is 0 Å². The van der Waals surface area contributed by atoms with E-state index in [9.17, 15) is 35.1 Å². The average molecular weight is 788 g/mol. The van der Waals surface area contributed by atoms with E-state index < -0.39 is 51.7 Å². The van der Waals surface area contributed by atoms with Crippen molar-refractivity contribution >= 4 is 11.8 Å². The number of hydrogen-bond donors (Lipinski definition) is 6. The molecule has 17 unspecified atom stereocenters. The number of nitrogens with one attached hydrogen (secondary N) is 1. The van der Waals surface area contributed by atoms with Gasteiger partial charge in [0.05, 0.1) is 41.5 Å². The molecule has 0 amide bonds. The van der Waals surface area contributed by atoms with Crippen molar-refractivity contribution in [1.82, 2.24) is 4.98 Å². The Bertz CT molecular complexity index is 1820. The third-order valence-corrected chi connectivity index (χ3v) is 19.3. The van der Waals surface area contributed by atoms with Crippen molar-refractivity contribution in [3.8, 4) is 0 Å². The maximum atomic E-state index is 13.8. The highest BCUT2D eigenvalue weighted by Crippen LogP contribution is 2.70. The molecule has 0 aromatic carbocycles. The summed E-state index contributed by atoms with van der Waals surface area (Å²) in [5.41, 5.74) is -2.36. The number of fused-ring (bicyclic) bond motifs is 8. The number of esters is 1. The summed E-state index contributed by atoms with van der Waals surface area (Å²) in [6.45, 7) is 11.1. The summed E-state index contributed by atoms with van der Waals surface area (Å²) in [5, 5.41) is 60.8. The second-order valence-electron chi connectivity index (χ2n) is 21.8. The third kappa shape index (κ3) is 5.70. The number of aromatic nitrogens is 1. The molecule has 0 bridgehead atoms. The van der Waals surface area contributed by atoms with Gasteiger partial charge in [-0.05, 0) is 173 Å². The lowest BCUT2D eigenvalue weighted by atomic mass is 9.45. The molecule has 1 aliphatic heterocycles. The Labute approximate surface area is 339 Å². The van der Waals surface area contributed by atoms with Crippen LogP contribution in [0.15, 0.2) is 41.8 Å². The van der Waals surface area contributed by atoms with Crippen molar-refractivity contribution in [3.63, 3.8) is 0 Å². The van der Waals surface area contributed by atoms with Crippen molar-refractivity contribution in [2.45, 2.75) is 166 Å². The molecule has 8 aliphatic rings. The quantitative estimate of drug-likeness (QED) is 0.134. The molecule has 9 rings (SSSR count). The summed E-state index contributed by atoms with van der Waals surface area (Å²) in [6, 6.07) is 1.99. The summed E-state index contributed by atoms with van der Waals surface area (Å²) >= 11 is 0. The molecule has 9 heteroatoms. The molecule has 1 aromatic heterocycles. The Morgan fingerprint density at radius 3 is 2.49 bits per heavy atom. The normalized spacial score (nSPS) is 50.5. The highest BCUT2D eigenvalue weighted by atomic mass is 16.5. The van der Waals surface area contributed by atoms with E-state index in [-0.39, 0.29) is 47.3 Å². The predicted molar refractivity (Wildman–Crippen MR) is 215 cm³/mol. The molecule has 6 fully saturated rings. The van der Waals surface area contributed by atoms with Crippen LogP contribution in [-0.2, 0) is 14.3 Å². The van der Waals surface area contributed by atoms with Crippen molar-refractivity contribution < 1.29 is 39.9 Å². The molecular formula is C48H69NO8. The zero-order chi connectivity index (χ0) is 40.5. The lowest BCUT2D eigenvalue weighted by Crippen LogP contribution is -2.65. The molecule has 314 valence electrons. The van der Waals surface area contributed by atoms with Gasteiger partial charge in [-0.3, -0.25) is 9.59 Å². The van der Waals surface area contributed by atoms with Crippen molar-refractivity contribution in [2.24, 2.45) is 63.6 Å². The molecule has 0 radical (unpaired) electrons. The van der Waals surface area contributed by atoms with Gasteiger partial charge in [0.1, 0.15) is 0 Å². The second kappa shape index (κ2) is 13.6. The summed E-state index contributed by atoms with van der Waals surface area (Å²) in [4.78, 5) is 30.1. The molecule has 2 heterocycles. The Morgan fingerprint density at radius 2 is 1.74 bits per heavy atom. The van der Waals surface area contributed by atoms with Gasteiger partial charge < -0.3 is 35.3 Å². The maximum Gasteiger partial charge on any atom is 0.313 e. The summed E-state index contributed by atoms with van der Waals surface area (Å²) in [6.07, 6.45) is 17.0. The number of H-pyrrole nitrogens is 1. The zero-order valence-electron chi connectivity index (χ0n) is 35.0. The van der Waals surface area contributed by atoms with Gasteiger partial charge in [0.25, 0.3) is 0 Å². The monoisotopic (exact) mass is 788 g/mol. The number of carbonyl (C=O) groups is 2. The number of ether oxygens (including phenoxy) is 1. The highest BCUT2D eigenvalue weighted by molar-refractivity contribution is 5.95. The largest absolute Gasteiger partial charge is 0.465 e. The smallest absolute Gasteiger partial charge is 0.313 e. The Kier molecular flexibility index (Phi) is 9.58. The molecule has 9 nitrogen and oxygen atoms in total. The van der Waals surface area contributed by atoms with Gasteiger partial charge in [-0.1, -0.05) is 39.3 Å². The van der Waals surface area contributed by atoms with E-state index >= 15 is 0 Å². The first-order valence-corrected chi connectivity index (χ1v) is 22.7. The Hall–Kier alpha value is -2.30. The van der Waals surface area contributed by atoms with Crippen molar-refractivity contribution in [3.05, 3.63) is 47.3 Å². The van der Waals surface area contributed by atoms with Gasteiger partial charge in [0, 0.05) is 29.6 Å². The maximum absolute atomic E-state index is 13.8. The van der Waals surface area contributed by atoms with Crippen LogP contribution in [0.2, 0.25) is 0 Å². The minimum Gasteiger partial charge on any atom is -0.465 e. The number of rotatable bonds is 6. The van der Waals surface area contributed by atoms with E-state index in [2.05, 4.69) is 38.8 Å². The van der Waals surface area contributed by atoms with E-state index in [1.54, 1.807) is 11.6 Å². The van der Waals surface area contributed by atoms with Crippen LogP contribution < -0.4 is 0 Å². The van der Waals surface area contributed by atoms with Gasteiger partial charge in [0.15, 0.2) is 5.78 Å². The van der Waals surface area contributed by atoms with Gasteiger partial charge in [-0.15, -0.1) is 0 Å². The fraction of sp³-hybridized carbons (Fsp3) is 0.792. The molecule has 5 saturated carbocycles. The number of aliphatic hydroxyl groups is 5. The molecule has 17 atom stereocenters. The average Bonchev–Trinajstić information content (AvgIpc) is 3.87. The lowest BCUT2D eigenvalue weighted by Gasteiger charge is -2.61. The van der Waals surface area contributed by atoms with Crippen LogP contribution in [0.25, 0.3) is 0 Å². The molecule has 6 N–H and O–H groups in total. The minimum absolute atomic E-state index is 0.0790.